The smallest absolute Gasteiger partial charge is 0.269 e. The molecule has 2 aliphatic rings. The Morgan fingerprint density at radius 2 is 1.81 bits per heavy atom. The summed E-state index contributed by atoms with van der Waals surface area (Å²) in [6.07, 6.45) is 2.55. The summed E-state index contributed by atoms with van der Waals surface area (Å²) < 4.78 is 1.27. The molecule has 0 radical (unpaired) electrons. The number of carbonyl (C=O) groups is 1. The lowest BCUT2D eigenvalue weighted by molar-refractivity contribution is -0.133. The van der Waals surface area contributed by atoms with Gasteiger partial charge in [-0.3, -0.25) is 9.59 Å². The third-order valence-electron chi connectivity index (χ3n) is 5.49. The normalized spacial score (nSPS) is 17.7. The van der Waals surface area contributed by atoms with Crippen molar-refractivity contribution < 1.29 is 4.79 Å². The van der Waals surface area contributed by atoms with E-state index >= 15 is 0 Å². The minimum atomic E-state index is -0.225. The predicted molar refractivity (Wildman–Crippen MR) is 104 cm³/mol. The molecule has 3 heterocycles. The Morgan fingerprint density at radius 3 is 2.56 bits per heavy atom. The minimum Gasteiger partial charge on any atom is -0.368 e. The lowest BCUT2D eigenvalue weighted by Crippen LogP contribution is -2.45. The monoisotopic (exact) mass is 367 g/mol. The van der Waals surface area contributed by atoms with Crippen molar-refractivity contribution in [3.8, 4) is 0 Å². The van der Waals surface area contributed by atoms with Crippen molar-refractivity contribution in [3.63, 3.8) is 0 Å². The second-order valence-corrected chi connectivity index (χ2v) is 7.33. The molecule has 1 amide bonds. The number of benzene rings is 1. The Balaban J connectivity index is 1.42. The van der Waals surface area contributed by atoms with Crippen molar-refractivity contribution in [3.05, 3.63) is 58.0 Å². The zero-order valence-corrected chi connectivity index (χ0v) is 15.7. The van der Waals surface area contributed by atoms with Crippen LogP contribution in [0.15, 0.2) is 41.3 Å². The van der Waals surface area contributed by atoms with E-state index in [1.54, 1.807) is 12.3 Å². The van der Waals surface area contributed by atoms with Gasteiger partial charge in [0.2, 0.25) is 5.91 Å². The highest BCUT2D eigenvalue weighted by atomic mass is 16.2. The Kier molecular flexibility index (Phi) is 4.94. The Hall–Kier alpha value is -2.67. The standard InChI is InChI=1S/C20H25N5O2/c1-22-8-10-23(11-9-22)18-12-19(26)25(21-13-18)15-20(27)24-7-6-16-4-2-3-5-17(16)14-24/h2-5,12-13H,6-11,14-15H2,1H3. The number of nitrogens with zero attached hydrogens (tertiary/aromatic N) is 5. The molecule has 2 aliphatic heterocycles. The van der Waals surface area contributed by atoms with Crippen LogP contribution in [0.3, 0.4) is 0 Å². The minimum absolute atomic E-state index is 0.00990. The third kappa shape index (κ3) is 3.88. The number of amides is 1. The molecule has 7 nitrogen and oxygen atoms in total. The third-order valence-corrected chi connectivity index (χ3v) is 5.49. The van der Waals surface area contributed by atoms with E-state index in [1.807, 2.05) is 17.0 Å². The lowest BCUT2D eigenvalue weighted by atomic mass is 10.00. The maximum atomic E-state index is 12.7. The summed E-state index contributed by atoms with van der Waals surface area (Å²) in [6, 6.07) is 9.79. The van der Waals surface area contributed by atoms with Crippen molar-refractivity contribution >= 4 is 11.6 Å². The van der Waals surface area contributed by atoms with Gasteiger partial charge in [0.15, 0.2) is 0 Å². The molecule has 27 heavy (non-hydrogen) atoms. The van der Waals surface area contributed by atoms with E-state index in [9.17, 15) is 9.59 Å². The number of aromatic nitrogens is 2. The van der Waals surface area contributed by atoms with Crippen LogP contribution in [0.2, 0.25) is 0 Å². The summed E-state index contributed by atoms with van der Waals surface area (Å²) in [7, 11) is 2.10. The molecule has 2 aromatic rings. The van der Waals surface area contributed by atoms with E-state index in [-0.39, 0.29) is 18.0 Å². The summed E-state index contributed by atoms with van der Waals surface area (Å²) in [4.78, 5) is 31.4. The van der Waals surface area contributed by atoms with Crippen LogP contribution in [0, 0.1) is 0 Å². The van der Waals surface area contributed by atoms with Crippen LogP contribution in [0.1, 0.15) is 11.1 Å². The summed E-state index contributed by atoms with van der Waals surface area (Å²) in [5.41, 5.74) is 3.09. The molecular formula is C20H25N5O2. The topological polar surface area (TPSA) is 61.7 Å². The maximum Gasteiger partial charge on any atom is 0.269 e. The highest BCUT2D eigenvalue weighted by Crippen LogP contribution is 2.18. The zero-order valence-electron chi connectivity index (χ0n) is 15.7. The van der Waals surface area contributed by atoms with Crippen LogP contribution in [0.25, 0.3) is 0 Å². The molecule has 1 aromatic carbocycles. The van der Waals surface area contributed by atoms with E-state index in [2.05, 4.69) is 34.1 Å². The number of hydrogen-bond donors (Lipinski definition) is 0. The summed E-state index contributed by atoms with van der Waals surface area (Å²) in [5.74, 6) is -0.0635. The van der Waals surface area contributed by atoms with Crippen molar-refractivity contribution in [2.24, 2.45) is 0 Å². The Morgan fingerprint density at radius 1 is 1.07 bits per heavy atom. The zero-order chi connectivity index (χ0) is 18.8. The van der Waals surface area contributed by atoms with E-state index in [1.165, 1.54) is 15.8 Å². The molecule has 0 unspecified atom stereocenters. The molecule has 0 aliphatic carbocycles. The molecule has 1 fully saturated rings. The van der Waals surface area contributed by atoms with Gasteiger partial charge in [-0.15, -0.1) is 0 Å². The van der Waals surface area contributed by atoms with E-state index in [0.717, 1.165) is 38.3 Å². The fraction of sp³-hybridized carbons (Fsp3) is 0.450. The summed E-state index contributed by atoms with van der Waals surface area (Å²) in [6.45, 7) is 4.98. The average molecular weight is 367 g/mol. The molecule has 142 valence electrons. The first-order chi connectivity index (χ1) is 13.1. The largest absolute Gasteiger partial charge is 0.368 e. The molecule has 4 rings (SSSR count). The highest BCUT2D eigenvalue weighted by Gasteiger charge is 2.21. The molecule has 0 saturated carbocycles. The van der Waals surface area contributed by atoms with E-state index in [4.69, 9.17) is 0 Å². The van der Waals surface area contributed by atoms with Crippen LogP contribution >= 0.6 is 0 Å². The van der Waals surface area contributed by atoms with Gasteiger partial charge in [0, 0.05) is 45.3 Å². The number of carbonyl (C=O) groups excluding carboxylic acids is 1. The van der Waals surface area contributed by atoms with Gasteiger partial charge in [-0.1, -0.05) is 24.3 Å². The van der Waals surface area contributed by atoms with Crippen molar-refractivity contribution in [1.82, 2.24) is 19.6 Å². The number of hydrogen-bond acceptors (Lipinski definition) is 5. The van der Waals surface area contributed by atoms with E-state index in [0.29, 0.717) is 13.1 Å². The van der Waals surface area contributed by atoms with Gasteiger partial charge in [-0.05, 0) is 24.6 Å². The fourth-order valence-electron chi connectivity index (χ4n) is 3.72. The molecule has 1 aromatic heterocycles. The molecular weight excluding hydrogens is 342 g/mol. The predicted octanol–water partition coefficient (Wildman–Crippen LogP) is 0.580. The Bertz CT molecular complexity index is 886. The first-order valence-corrected chi connectivity index (χ1v) is 9.45. The first-order valence-electron chi connectivity index (χ1n) is 9.45. The molecule has 0 N–H and O–H groups in total. The SMILES string of the molecule is CN1CCN(c2cnn(CC(=O)N3CCc4ccccc4C3)c(=O)c2)CC1. The number of piperazine rings is 1. The first kappa shape index (κ1) is 17.7. The van der Waals surface area contributed by atoms with Crippen molar-refractivity contribution in [1.29, 1.82) is 0 Å². The van der Waals surface area contributed by atoms with Crippen LogP contribution in [0.4, 0.5) is 5.69 Å². The quantitative estimate of drug-likeness (QED) is 0.794. The van der Waals surface area contributed by atoms with Gasteiger partial charge in [0.05, 0.1) is 11.9 Å². The van der Waals surface area contributed by atoms with Crippen LogP contribution in [-0.2, 0) is 24.3 Å². The number of rotatable bonds is 3. The van der Waals surface area contributed by atoms with Crippen molar-refractivity contribution in [2.75, 3.05) is 44.7 Å². The van der Waals surface area contributed by atoms with Crippen LogP contribution in [0.5, 0.6) is 0 Å². The number of likely N-dealkylation sites (N-methyl/N-ethyl adjacent to an activating group) is 1. The lowest BCUT2D eigenvalue weighted by Gasteiger charge is -2.33. The van der Waals surface area contributed by atoms with Gasteiger partial charge >= 0.3 is 0 Å². The summed E-state index contributed by atoms with van der Waals surface area (Å²) in [5, 5.41) is 4.25. The van der Waals surface area contributed by atoms with E-state index < -0.39 is 0 Å². The second kappa shape index (κ2) is 7.52. The highest BCUT2D eigenvalue weighted by molar-refractivity contribution is 5.76. The van der Waals surface area contributed by atoms with Gasteiger partial charge in [0.1, 0.15) is 6.54 Å². The number of fused-ring (bicyclic) bond motifs is 1. The fourth-order valence-corrected chi connectivity index (χ4v) is 3.72. The van der Waals surface area contributed by atoms with Gasteiger partial charge in [-0.25, -0.2) is 4.68 Å². The van der Waals surface area contributed by atoms with Gasteiger partial charge in [-0.2, -0.15) is 5.10 Å². The molecule has 0 bridgehead atoms. The maximum absolute atomic E-state index is 12.7. The molecule has 7 heteroatoms. The summed E-state index contributed by atoms with van der Waals surface area (Å²) >= 11 is 0. The average Bonchev–Trinajstić information content (AvgIpc) is 2.69. The van der Waals surface area contributed by atoms with Gasteiger partial charge in [0.25, 0.3) is 5.56 Å². The number of anilines is 1. The van der Waals surface area contributed by atoms with Gasteiger partial charge < -0.3 is 14.7 Å². The van der Waals surface area contributed by atoms with Crippen LogP contribution < -0.4 is 10.5 Å². The molecule has 0 atom stereocenters. The second-order valence-electron chi connectivity index (χ2n) is 7.33. The van der Waals surface area contributed by atoms with Crippen LogP contribution in [-0.4, -0.2) is 65.3 Å². The molecule has 1 saturated heterocycles. The molecule has 0 spiro atoms. The van der Waals surface area contributed by atoms with Crippen molar-refractivity contribution in [2.45, 2.75) is 19.5 Å². The Labute approximate surface area is 158 Å².